The molecule has 0 atom stereocenters. The Morgan fingerprint density at radius 2 is 2.27 bits per heavy atom. The zero-order valence-electron chi connectivity index (χ0n) is 8.64. The van der Waals surface area contributed by atoms with Crippen LogP contribution in [0.5, 0.6) is 5.75 Å². The van der Waals surface area contributed by atoms with Gasteiger partial charge in [-0.2, -0.15) is 0 Å². The molecule has 0 saturated heterocycles. The Kier molecular flexibility index (Phi) is 2.72. The number of hydrogen-bond donors (Lipinski definition) is 0. The van der Waals surface area contributed by atoms with Crippen LogP contribution in [0.2, 0.25) is 0 Å². The van der Waals surface area contributed by atoms with Gasteiger partial charge in [0.2, 0.25) is 0 Å². The van der Waals surface area contributed by atoms with E-state index in [1.807, 2.05) is 30.5 Å². The lowest BCUT2D eigenvalue weighted by atomic mass is 10.2. The van der Waals surface area contributed by atoms with Gasteiger partial charge in [-0.25, -0.2) is 0 Å². The molecule has 0 unspecified atom stereocenters. The highest BCUT2D eigenvalue weighted by molar-refractivity contribution is 5.86. The molecule has 0 radical (unpaired) electrons. The van der Waals surface area contributed by atoms with Crippen molar-refractivity contribution < 1.29 is 9.53 Å². The van der Waals surface area contributed by atoms with Crippen molar-refractivity contribution in [2.24, 2.45) is 0 Å². The van der Waals surface area contributed by atoms with Crippen LogP contribution < -0.4 is 4.74 Å². The summed E-state index contributed by atoms with van der Waals surface area (Å²) in [5.74, 6) is 0.873. The fourth-order valence-electron chi connectivity index (χ4n) is 1.76. The summed E-state index contributed by atoms with van der Waals surface area (Å²) in [6, 6.07) is 7.94. The first kappa shape index (κ1) is 9.77. The number of benzene rings is 1. The zero-order valence-corrected chi connectivity index (χ0v) is 8.64. The van der Waals surface area contributed by atoms with Gasteiger partial charge in [0.1, 0.15) is 12.0 Å². The maximum absolute atomic E-state index is 10.3. The number of hydrogen-bond acceptors (Lipinski definition) is 2. The molecule has 78 valence electrons. The van der Waals surface area contributed by atoms with Gasteiger partial charge in [0.05, 0.1) is 12.6 Å². The number of aromatic nitrogens is 1. The second kappa shape index (κ2) is 4.17. The van der Waals surface area contributed by atoms with E-state index in [-0.39, 0.29) is 0 Å². The fraction of sp³-hybridized carbons (Fsp3) is 0.250. The van der Waals surface area contributed by atoms with E-state index >= 15 is 0 Å². The van der Waals surface area contributed by atoms with Crippen molar-refractivity contribution in [2.45, 2.75) is 13.0 Å². The third kappa shape index (κ3) is 1.73. The summed E-state index contributed by atoms with van der Waals surface area (Å²) in [6.45, 7) is 0.722. The molecule has 3 nitrogen and oxygen atoms in total. The van der Waals surface area contributed by atoms with Gasteiger partial charge in [-0.15, -0.1) is 0 Å². The largest absolute Gasteiger partial charge is 0.496 e. The van der Waals surface area contributed by atoms with Crippen molar-refractivity contribution in [3.05, 3.63) is 30.5 Å². The lowest BCUT2D eigenvalue weighted by Gasteiger charge is -2.04. The molecule has 0 amide bonds. The Morgan fingerprint density at radius 1 is 1.40 bits per heavy atom. The molecule has 1 aromatic carbocycles. The third-order valence-corrected chi connectivity index (χ3v) is 2.48. The average Bonchev–Trinajstić information content (AvgIpc) is 2.69. The van der Waals surface area contributed by atoms with Gasteiger partial charge in [0.15, 0.2) is 0 Å². The number of fused-ring (bicyclic) bond motifs is 1. The minimum absolute atomic E-state index is 0.543. The standard InChI is InChI=1S/C12H13NO2/c1-15-12-5-2-4-11-10(12)6-8-13(11)7-3-9-14/h2,4-6,8-9H,3,7H2,1H3. The van der Waals surface area contributed by atoms with Crippen molar-refractivity contribution in [3.8, 4) is 5.75 Å². The molecule has 0 aliphatic heterocycles. The van der Waals surface area contributed by atoms with E-state index in [2.05, 4.69) is 4.57 Å². The van der Waals surface area contributed by atoms with Gasteiger partial charge >= 0.3 is 0 Å². The van der Waals surface area contributed by atoms with Crippen LogP contribution in [0.3, 0.4) is 0 Å². The van der Waals surface area contributed by atoms with Crippen LogP contribution >= 0.6 is 0 Å². The summed E-state index contributed by atoms with van der Waals surface area (Å²) in [5.41, 5.74) is 1.11. The lowest BCUT2D eigenvalue weighted by molar-refractivity contribution is -0.108. The molecule has 0 aliphatic rings. The molecule has 3 heteroatoms. The summed E-state index contributed by atoms with van der Waals surface area (Å²) >= 11 is 0. The Bertz CT molecular complexity index is 473. The smallest absolute Gasteiger partial charge is 0.128 e. The third-order valence-electron chi connectivity index (χ3n) is 2.48. The van der Waals surface area contributed by atoms with Crippen molar-refractivity contribution >= 4 is 17.2 Å². The van der Waals surface area contributed by atoms with Gasteiger partial charge in [-0.1, -0.05) is 6.07 Å². The molecule has 0 N–H and O–H groups in total. The molecule has 0 bridgehead atoms. The normalized spacial score (nSPS) is 10.5. The molecule has 2 aromatic rings. The fourth-order valence-corrected chi connectivity index (χ4v) is 1.76. The predicted octanol–water partition coefficient (Wildman–Crippen LogP) is 2.24. The topological polar surface area (TPSA) is 31.2 Å². The Balaban J connectivity index is 2.46. The highest BCUT2D eigenvalue weighted by Gasteiger charge is 2.04. The van der Waals surface area contributed by atoms with E-state index in [0.717, 1.165) is 29.5 Å². The number of aryl methyl sites for hydroxylation is 1. The van der Waals surface area contributed by atoms with Crippen LogP contribution in [0.1, 0.15) is 6.42 Å². The van der Waals surface area contributed by atoms with E-state index in [4.69, 9.17) is 4.74 Å². The van der Waals surface area contributed by atoms with E-state index in [1.165, 1.54) is 0 Å². The minimum Gasteiger partial charge on any atom is -0.496 e. The average molecular weight is 203 g/mol. The van der Waals surface area contributed by atoms with Gasteiger partial charge in [-0.05, 0) is 18.2 Å². The molecule has 2 rings (SSSR count). The molecular formula is C12H13NO2. The van der Waals surface area contributed by atoms with Gasteiger partial charge in [0, 0.05) is 24.5 Å². The summed E-state index contributed by atoms with van der Waals surface area (Å²) < 4.78 is 7.32. The number of aldehydes is 1. The number of methoxy groups -OCH3 is 1. The lowest BCUT2D eigenvalue weighted by Crippen LogP contribution is -1.96. The van der Waals surface area contributed by atoms with E-state index in [0.29, 0.717) is 6.42 Å². The molecular weight excluding hydrogens is 190 g/mol. The predicted molar refractivity (Wildman–Crippen MR) is 59.2 cm³/mol. The monoisotopic (exact) mass is 203 g/mol. The van der Waals surface area contributed by atoms with Crippen LogP contribution in [0.15, 0.2) is 30.5 Å². The van der Waals surface area contributed by atoms with E-state index in [1.54, 1.807) is 7.11 Å². The van der Waals surface area contributed by atoms with Crippen LogP contribution in [-0.4, -0.2) is 18.0 Å². The molecule has 1 heterocycles. The molecule has 0 aliphatic carbocycles. The zero-order chi connectivity index (χ0) is 10.7. The first-order valence-electron chi connectivity index (χ1n) is 4.92. The van der Waals surface area contributed by atoms with Crippen molar-refractivity contribution in [2.75, 3.05) is 7.11 Å². The Hall–Kier alpha value is -1.77. The highest BCUT2D eigenvalue weighted by Crippen LogP contribution is 2.26. The van der Waals surface area contributed by atoms with Crippen molar-refractivity contribution in [1.29, 1.82) is 0 Å². The Labute approximate surface area is 88.3 Å². The quantitative estimate of drug-likeness (QED) is 0.713. The first-order valence-corrected chi connectivity index (χ1v) is 4.92. The van der Waals surface area contributed by atoms with Crippen LogP contribution in [-0.2, 0) is 11.3 Å². The maximum atomic E-state index is 10.3. The maximum Gasteiger partial charge on any atom is 0.128 e. The molecule has 1 aromatic heterocycles. The summed E-state index contributed by atoms with van der Waals surface area (Å²) in [7, 11) is 1.66. The van der Waals surface area contributed by atoms with E-state index in [9.17, 15) is 4.79 Å². The molecule has 0 fully saturated rings. The Morgan fingerprint density at radius 3 is 3.00 bits per heavy atom. The second-order valence-electron chi connectivity index (χ2n) is 3.36. The number of carbonyl (C=O) groups excluding carboxylic acids is 1. The SMILES string of the molecule is COc1cccc2c1ccn2CCC=O. The number of carbonyl (C=O) groups is 1. The van der Waals surface area contributed by atoms with Crippen molar-refractivity contribution in [3.63, 3.8) is 0 Å². The van der Waals surface area contributed by atoms with E-state index < -0.39 is 0 Å². The number of nitrogens with zero attached hydrogens (tertiary/aromatic N) is 1. The van der Waals surface area contributed by atoms with Crippen LogP contribution in [0, 0.1) is 0 Å². The van der Waals surface area contributed by atoms with Crippen LogP contribution in [0.4, 0.5) is 0 Å². The van der Waals surface area contributed by atoms with Gasteiger partial charge in [-0.3, -0.25) is 0 Å². The highest BCUT2D eigenvalue weighted by atomic mass is 16.5. The van der Waals surface area contributed by atoms with Gasteiger partial charge < -0.3 is 14.1 Å². The van der Waals surface area contributed by atoms with Crippen LogP contribution in [0.25, 0.3) is 10.9 Å². The van der Waals surface area contributed by atoms with Crippen molar-refractivity contribution in [1.82, 2.24) is 4.57 Å². The first-order chi connectivity index (χ1) is 7.36. The summed E-state index contributed by atoms with van der Waals surface area (Å²) in [5, 5.41) is 1.09. The minimum atomic E-state index is 0.543. The molecule has 15 heavy (non-hydrogen) atoms. The molecule has 0 spiro atoms. The second-order valence-corrected chi connectivity index (χ2v) is 3.36. The number of rotatable bonds is 4. The summed E-state index contributed by atoms with van der Waals surface area (Å²) in [4.78, 5) is 10.3. The summed E-state index contributed by atoms with van der Waals surface area (Å²) in [6.07, 6.45) is 3.46. The number of ether oxygens (including phenoxy) is 1. The molecule has 0 saturated carbocycles. The van der Waals surface area contributed by atoms with Gasteiger partial charge in [0.25, 0.3) is 0 Å².